The highest BCUT2D eigenvalue weighted by molar-refractivity contribution is 7.22. The summed E-state index contributed by atoms with van der Waals surface area (Å²) >= 11 is 1.34. The molecule has 1 amide bonds. The molecule has 0 aliphatic carbocycles. The number of hydrogen-bond acceptors (Lipinski definition) is 7. The van der Waals surface area contributed by atoms with Crippen LogP contribution in [0.3, 0.4) is 0 Å². The van der Waals surface area contributed by atoms with Gasteiger partial charge in [0.1, 0.15) is 22.0 Å². The largest absolute Gasteiger partial charge is 0.495 e. The highest BCUT2D eigenvalue weighted by atomic mass is 32.1. The summed E-state index contributed by atoms with van der Waals surface area (Å²) in [6, 6.07) is 10.6. The van der Waals surface area contributed by atoms with Crippen molar-refractivity contribution in [3.05, 3.63) is 92.9 Å². The maximum Gasteiger partial charge on any atom is 0.410 e. The Morgan fingerprint density at radius 1 is 1.07 bits per heavy atom. The van der Waals surface area contributed by atoms with Crippen LogP contribution in [0.2, 0.25) is 0 Å². The van der Waals surface area contributed by atoms with E-state index in [0.717, 1.165) is 26.4 Å². The number of likely N-dealkylation sites (tertiary alicyclic amines) is 1. The average Bonchev–Trinajstić information content (AvgIpc) is 3.52. The maximum absolute atomic E-state index is 14.1. The van der Waals surface area contributed by atoms with Crippen LogP contribution in [0.4, 0.5) is 9.18 Å². The van der Waals surface area contributed by atoms with Crippen molar-refractivity contribution in [1.29, 1.82) is 0 Å². The lowest BCUT2D eigenvalue weighted by Crippen LogP contribution is -2.55. The molecule has 0 atom stereocenters. The van der Waals surface area contributed by atoms with Gasteiger partial charge < -0.3 is 18.9 Å². The molecular formula is C32H32FN5O5S. The Bertz CT molecular complexity index is 2030. The van der Waals surface area contributed by atoms with Gasteiger partial charge in [-0.05, 0) is 82.1 Å². The van der Waals surface area contributed by atoms with Crippen LogP contribution in [-0.4, -0.2) is 55.5 Å². The Hall–Kier alpha value is -4.71. The fraction of sp³-hybridized carbons (Fsp3) is 0.312. The molecule has 4 heterocycles. The summed E-state index contributed by atoms with van der Waals surface area (Å²) in [5.41, 5.74) is 1.75. The van der Waals surface area contributed by atoms with Gasteiger partial charge in [0.05, 0.1) is 41.9 Å². The number of rotatable bonds is 5. The van der Waals surface area contributed by atoms with E-state index in [2.05, 4.69) is 4.98 Å². The Morgan fingerprint density at radius 3 is 2.39 bits per heavy atom. The fourth-order valence-corrected chi connectivity index (χ4v) is 6.77. The average molecular weight is 618 g/mol. The number of benzene rings is 2. The third kappa shape index (κ3) is 5.08. The smallest absolute Gasteiger partial charge is 0.410 e. The second-order valence-electron chi connectivity index (χ2n) is 11.9. The molecule has 5 aromatic rings. The maximum atomic E-state index is 14.1. The first kappa shape index (κ1) is 29.4. The van der Waals surface area contributed by atoms with E-state index >= 15 is 0 Å². The van der Waals surface area contributed by atoms with Crippen LogP contribution in [0.1, 0.15) is 38.1 Å². The van der Waals surface area contributed by atoms with Gasteiger partial charge in [-0.2, -0.15) is 0 Å². The van der Waals surface area contributed by atoms with Gasteiger partial charge in [0, 0.05) is 24.2 Å². The number of fused-ring (bicyclic) bond motifs is 1. The number of aromatic nitrogens is 4. The summed E-state index contributed by atoms with van der Waals surface area (Å²) in [6.07, 6.45) is 3.15. The molecule has 44 heavy (non-hydrogen) atoms. The number of halogens is 1. The van der Waals surface area contributed by atoms with Crippen molar-refractivity contribution in [2.24, 2.45) is 0 Å². The summed E-state index contributed by atoms with van der Waals surface area (Å²) in [5, 5.41) is 0.387. The first-order chi connectivity index (χ1) is 20.9. The Morgan fingerprint density at radius 2 is 1.77 bits per heavy atom. The topological polar surface area (TPSA) is 101 Å². The van der Waals surface area contributed by atoms with Gasteiger partial charge in [-0.25, -0.2) is 23.5 Å². The SMILES string of the molecule is COc1cc(-c2sc3c(c2C)c(=O)n(-c2ccc(F)cc2)c(=O)n3C2CN(C(=O)OC(C)(C)C)C2)ccc1-n1cnc(C)c1. The number of thiophene rings is 1. The van der Waals surface area contributed by atoms with Crippen LogP contribution < -0.4 is 16.0 Å². The minimum atomic E-state index is -0.658. The van der Waals surface area contributed by atoms with Crippen molar-refractivity contribution >= 4 is 27.6 Å². The van der Waals surface area contributed by atoms with Crippen molar-refractivity contribution < 1.29 is 18.7 Å². The van der Waals surface area contributed by atoms with Crippen LogP contribution in [0.15, 0.2) is 64.6 Å². The normalized spacial score (nSPS) is 13.8. The van der Waals surface area contributed by atoms with Crippen molar-refractivity contribution in [3.8, 4) is 27.6 Å². The van der Waals surface area contributed by atoms with Crippen LogP contribution >= 0.6 is 11.3 Å². The molecule has 0 bridgehead atoms. The molecule has 6 rings (SSSR count). The third-order valence-electron chi connectivity index (χ3n) is 7.56. The number of methoxy groups -OCH3 is 1. The van der Waals surface area contributed by atoms with Crippen molar-refractivity contribution in [3.63, 3.8) is 0 Å². The molecule has 1 aliphatic rings. The van der Waals surface area contributed by atoms with Gasteiger partial charge >= 0.3 is 11.8 Å². The molecule has 0 spiro atoms. The van der Waals surface area contributed by atoms with E-state index in [1.807, 2.05) is 42.8 Å². The second kappa shape index (κ2) is 10.8. The molecule has 0 radical (unpaired) electrons. The number of hydrogen-bond donors (Lipinski definition) is 0. The number of carbonyl (C=O) groups is 1. The second-order valence-corrected chi connectivity index (χ2v) is 12.9. The third-order valence-corrected chi connectivity index (χ3v) is 8.90. The zero-order valence-corrected chi connectivity index (χ0v) is 26.1. The summed E-state index contributed by atoms with van der Waals surface area (Å²) in [6.45, 7) is 9.63. The molecule has 1 fully saturated rings. The molecule has 0 saturated carbocycles. The zero-order chi connectivity index (χ0) is 31.5. The predicted molar refractivity (Wildman–Crippen MR) is 167 cm³/mol. The lowest BCUT2D eigenvalue weighted by Gasteiger charge is -2.40. The number of carbonyl (C=O) groups excluding carboxylic acids is 1. The van der Waals surface area contributed by atoms with Crippen molar-refractivity contribution in [1.82, 2.24) is 23.6 Å². The summed E-state index contributed by atoms with van der Waals surface area (Å²) < 4.78 is 29.6. The lowest BCUT2D eigenvalue weighted by molar-refractivity contribution is 0.00101. The molecule has 3 aromatic heterocycles. The van der Waals surface area contributed by atoms with Crippen molar-refractivity contribution in [2.75, 3.05) is 20.2 Å². The minimum Gasteiger partial charge on any atom is -0.495 e. The van der Waals surface area contributed by atoms with Gasteiger partial charge in [-0.15, -0.1) is 11.3 Å². The van der Waals surface area contributed by atoms with Crippen molar-refractivity contribution in [2.45, 2.75) is 46.3 Å². The van der Waals surface area contributed by atoms with E-state index in [0.29, 0.717) is 21.5 Å². The lowest BCUT2D eigenvalue weighted by atomic mass is 10.1. The van der Waals surface area contributed by atoms with Gasteiger partial charge in [0.15, 0.2) is 0 Å². The minimum absolute atomic E-state index is 0.241. The molecule has 10 nitrogen and oxygen atoms in total. The number of aryl methyl sites for hydroxylation is 2. The van der Waals surface area contributed by atoms with E-state index in [1.165, 1.54) is 40.5 Å². The predicted octanol–water partition coefficient (Wildman–Crippen LogP) is 5.62. The highest BCUT2D eigenvalue weighted by Gasteiger charge is 2.37. The van der Waals surface area contributed by atoms with Crippen LogP contribution in [-0.2, 0) is 4.74 Å². The van der Waals surface area contributed by atoms with Gasteiger partial charge in [0.2, 0.25) is 0 Å². The summed E-state index contributed by atoms with van der Waals surface area (Å²) in [5.74, 6) is 0.136. The first-order valence-electron chi connectivity index (χ1n) is 14.1. The van der Waals surface area contributed by atoms with E-state index < -0.39 is 34.8 Å². The highest BCUT2D eigenvalue weighted by Crippen LogP contribution is 2.40. The van der Waals surface area contributed by atoms with Gasteiger partial charge in [-0.1, -0.05) is 6.07 Å². The molecular weight excluding hydrogens is 585 g/mol. The van der Waals surface area contributed by atoms with E-state index in [-0.39, 0.29) is 18.8 Å². The zero-order valence-electron chi connectivity index (χ0n) is 25.3. The number of imidazole rings is 1. The standard InChI is InChI=1S/C32H32FN5O5S/c1-18-14-36(17-34-18)24-12-7-20(13-25(24)42-6)27-19(2)26-28(39)37(22-10-8-21(33)9-11-22)30(40)38(29(26)44-27)23-15-35(16-23)31(41)43-32(3,4)5/h7-14,17,23H,15-16H2,1-6H3. The summed E-state index contributed by atoms with van der Waals surface area (Å²) in [7, 11) is 1.59. The monoisotopic (exact) mass is 617 g/mol. The van der Waals surface area contributed by atoms with E-state index in [9.17, 15) is 18.8 Å². The van der Waals surface area contributed by atoms with Gasteiger partial charge in [-0.3, -0.25) is 9.36 Å². The Balaban J connectivity index is 1.51. The molecule has 1 aliphatic heterocycles. The number of amides is 1. The summed E-state index contributed by atoms with van der Waals surface area (Å²) in [4.78, 5) is 47.9. The molecule has 1 saturated heterocycles. The van der Waals surface area contributed by atoms with Crippen LogP contribution in [0, 0.1) is 19.7 Å². The van der Waals surface area contributed by atoms with E-state index in [1.54, 1.807) is 38.8 Å². The van der Waals surface area contributed by atoms with Crippen LogP contribution in [0.5, 0.6) is 5.75 Å². The quantitative estimate of drug-likeness (QED) is 0.254. The number of nitrogens with zero attached hydrogens (tertiary/aromatic N) is 5. The fourth-order valence-electron chi connectivity index (χ4n) is 5.41. The number of ether oxygens (including phenoxy) is 2. The Kier molecular flexibility index (Phi) is 7.19. The first-order valence-corrected chi connectivity index (χ1v) is 14.9. The Labute approximate surface area is 256 Å². The molecule has 12 heteroatoms. The van der Waals surface area contributed by atoms with E-state index in [4.69, 9.17) is 9.47 Å². The molecule has 0 unspecified atom stereocenters. The van der Waals surface area contributed by atoms with Crippen LogP contribution in [0.25, 0.3) is 32.0 Å². The molecule has 228 valence electrons. The van der Waals surface area contributed by atoms with Gasteiger partial charge in [0.25, 0.3) is 5.56 Å². The molecule has 2 aromatic carbocycles. The molecule has 0 N–H and O–H groups in total.